The van der Waals surface area contributed by atoms with Crippen LogP contribution in [0, 0.1) is 0 Å². The summed E-state index contributed by atoms with van der Waals surface area (Å²) < 4.78 is 15.6. The van der Waals surface area contributed by atoms with Gasteiger partial charge in [0.1, 0.15) is 0 Å². The Morgan fingerprint density at radius 3 is 1.91 bits per heavy atom. The molecule has 0 spiro atoms. The average Bonchev–Trinajstić information content (AvgIpc) is 3.53. The van der Waals surface area contributed by atoms with Crippen molar-refractivity contribution in [3.8, 4) is 11.1 Å². The van der Waals surface area contributed by atoms with E-state index in [1.807, 2.05) is 11.3 Å². The standard InChI is InChI=1S/C40H34BNO2S/c1-39(2)40(3,4)44-41(43-39)35-15-10-16-37-38(35)34-26-33(23-24-36(34)45-37)42(32-22-19-28-13-8-9-14-30(28)25-32)31-20-17-29(18-21-31)27-11-6-5-7-12-27/h5-26H,1-4H3. The molecule has 2 heterocycles. The lowest BCUT2D eigenvalue weighted by Gasteiger charge is -2.32. The fraction of sp³-hybridized carbons (Fsp3) is 0.150. The van der Waals surface area contributed by atoms with E-state index in [-0.39, 0.29) is 0 Å². The summed E-state index contributed by atoms with van der Waals surface area (Å²) in [5.74, 6) is 0. The highest BCUT2D eigenvalue weighted by molar-refractivity contribution is 7.26. The molecule has 1 saturated heterocycles. The van der Waals surface area contributed by atoms with Gasteiger partial charge in [0.05, 0.1) is 11.2 Å². The lowest BCUT2D eigenvalue weighted by molar-refractivity contribution is 0.00578. The van der Waals surface area contributed by atoms with Crippen LogP contribution in [0.15, 0.2) is 133 Å². The third kappa shape index (κ3) is 4.83. The quantitative estimate of drug-likeness (QED) is 0.183. The van der Waals surface area contributed by atoms with E-state index in [0.29, 0.717) is 0 Å². The summed E-state index contributed by atoms with van der Waals surface area (Å²) in [6, 6.07) is 48.0. The number of anilines is 3. The van der Waals surface area contributed by atoms with Gasteiger partial charge in [-0.05, 0) is 104 Å². The SMILES string of the molecule is CC1(C)OB(c2cccc3sc4ccc(N(c5ccc(-c6ccccc6)cc5)c5ccc6ccccc6c5)cc4c23)OC1(C)C. The molecule has 7 aromatic rings. The first-order chi connectivity index (χ1) is 21.8. The van der Waals surface area contributed by atoms with Gasteiger partial charge in [0.15, 0.2) is 0 Å². The Labute approximate surface area is 268 Å². The molecule has 45 heavy (non-hydrogen) atoms. The molecule has 1 fully saturated rings. The number of benzene rings is 6. The maximum Gasteiger partial charge on any atom is 0.495 e. The molecule has 1 aromatic heterocycles. The summed E-state index contributed by atoms with van der Waals surface area (Å²) in [6.07, 6.45) is 0. The van der Waals surface area contributed by atoms with Gasteiger partial charge in [-0.3, -0.25) is 0 Å². The van der Waals surface area contributed by atoms with E-state index in [1.165, 1.54) is 42.1 Å². The third-order valence-corrected chi connectivity index (χ3v) is 10.6. The Morgan fingerprint density at radius 2 is 1.16 bits per heavy atom. The minimum atomic E-state index is -0.428. The van der Waals surface area contributed by atoms with Crippen molar-refractivity contribution in [1.82, 2.24) is 0 Å². The Hall–Kier alpha value is -4.42. The molecule has 0 radical (unpaired) electrons. The number of hydrogen-bond acceptors (Lipinski definition) is 4. The van der Waals surface area contributed by atoms with Gasteiger partial charge in [-0.25, -0.2) is 0 Å². The first kappa shape index (κ1) is 28.1. The van der Waals surface area contributed by atoms with Crippen LogP contribution < -0.4 is 10.4 Å². The predicted molar refractivity (Wildman–Crippen MR) is 193 cm³/mol. The molecule has 8 rings (SSSR count). The molecule has 1 aliphatic heterocycles. The monoisotopic (exact) mass is 603 g/mol. The van der Waals surface area contributed by atoms with Gasteiger partial charge in [0, 0.05) is 37.2 Å². The van der Waals surface area contributed by atoms with Crippen molar-refractivity contribution in [2.24, 2.45) is 0 Å². The van der Waals surface area contributed by atoms with E-state index in [2.05, 4.69) is 166 Å². The highest BCUT2D eigenvalue weighted by atomic mass is 32.1. The van der Waals surface area contributed by atoms with Gasteiger partial charge in [-0.2, -0.15) is 0 Å². The fourth-order valence-corrected chi connectivity index (χ4v) is 7.46. The smallest absolute Gasteiger partial charge is 0.399 e. The maximum absolute atomic E-state index is 6.55. The van der Waals surface area contributed by atoms with Crippen LogP contribution in [-0.4, -0.2) is 18.3 Å². The molecule has 1 aliphatic rings. The van der Waals surface area contributed by atoms with Crippen LogP contribution in [0.3, 0.4) is 0 Å². The van der Waals surface area contributed by atoms with Gasteiger partial charge < -0.3 is 14.2 Å². The van der Waals surface area contributed by atoms with Crippen LogP contribution in [-0.2, 0) is 9.31 Å². The lowest BCUT2D eigenvalue weighted by atomic mass is 9.76. The largest absolute Gasteiger partial charge is 0.495 e. The summed E-state index contributed by atoms with van der Waals surface area (Å²) in [5, 5.41) is 4.86. The van der Waals surface area contributed by atoms with Gasteiger partial charge >= 0.3 is 7.12 Å². The van der Waals surface area contributed by atoms with Crippen molar-refractivity contribution in [2.45, 2.75) is 38.9 Å². The molecular formula is C40H34BNO2S. The van der Waals surface area contributed by atoms with E-state index in [4.69, 9.17) is 9.31 Å². The Bertz CT molecular complexity index is 2170. The normalized spacial score (nSPS) is 15.7. The van der Waals surface area contributed by atoms with Gasteiger partial charge in [-0.15, -0.1) is 11.3 Å². The molecule has 0 bridgehead atoms. The molecule has 0 atom stereocenters. The number of thiophene rings is 1. The second kappa shape index (κ2) is 10.6. The molecule has 0 unspecified atom stereocenters. The zero-order valence-corrected chi connectivity index (χ0v) is 26.8. The molecule has 6 aromatic carbocycles. The first-order valence-electron chi connectivity index (χ1n) is 15.5. The summed E-state index contributed by atoms with van der Waals surface area (Å²) in [4.78, 5) is 2.36. The molecule has 0 amide bonds. The summed E-state index contributed by atoms with van der Waals surface area (Å²) in [6.45, 7) is 8.45. The van der Waals surface area contributed by atoms with Crippen molar-refractivity contribution in [2.75, 3.05) is 4.90 Å². The molecule has 220 valence electrons. The molecule has 5 heteroatoms. The van der Waals surface area contributed by atoms with Crippen molar-refractivity contribution < 1.29 is 9.31 Å². The Morgan fingerprint density at radius 1 is 0.533 bits per heavy atom. The molecule has 0 aliphatic carbocycles. The number of fused-ring (bicyclic) bond motifs is 4. The third-order valence-electron chi connectivity index (χ3n) is 9.50. The van der Waals surface area contributed by atoms with Crippen LogP contribution in [0.25, 0.3) is 42.1 Å². The first-order valence-corrected chi connectivity index (χ1v) is 16.3. The Kier molecular flexibility index (Phi) is 6.61. The van der Waals surface area contributed by atoms with E-state index < -0.39 is 18.3 Å². The number of hydrogen-bond donors (Lipinski definition) is 0. The molecule has 0 saturated carbocycles. The minimum absolute atomic E-state index is 0.407. The number of rotatable bonds is 5. The van der Waals surface area contributed by atoms with Crippen LogP contribution >= 0.6 is 11.3 Å². The van der Waals surface area contributed by atoms with Gasteiger partial charge in [-0.1, -0.05) is 84.9 Å². The maximum atomic E-state index is 6.55. The van der Waals surface area contributed by atoms with E-state index >= 15 is 0 Å². The van der Waals surface area contributed by atoms with Crippen molar-refractivity contribution in [1.29, 1.82) is 0 Å². The predicted octanol–water partition coefficient (Wildman–Crippen LogP) is 10.6. The lowest BCUT2D eigenvalue weighted by Crippen LogP contribution is -2.41. The minimum Gasteiger partial charge on any atom is -0.399 e. The van der Waals surface area contributed by atoms with E-state index in [9.17, 15) is 0 Å². The summed E-state index contributed by atoms with van der Waals surface area (Å²) >= 11 is 1.82. The molecule has 0 N–H and O–H groups in total. The van der Waals surface area contributed by atoms with Crippen molar-refractivity contribution >= 4 is 71.9 Å². The van der Waals surface area contributed by atoms with Crippen LogP contribution in [0.4, 0.5) is 17.1 Å². The van der Waals surface area contributed by atoms with Crippen molar-refractivity contribution in [3.63, 3.8) is 0 Å². The van der Waals surface area contributed by atoms with E-state index in [1.54, 1.807) is 0 Å². The Balaban J connectivity index is 1.29. The van der Waals surface area contributed by atoms with Gasteiger partial charge in [0.25, 0.3) is 0 Å². The van der Waals surface area contributed by atoms with Crippen molar-refractivity contribution in [3.05, 3.63) is 133 Å². The summed E-state index contributed by atoms with van der Waals surface area (Å²) in [5.41, 5.74) is 6.01. The molecular weight excluding hydrogens is 569 g/mol. The highest BCUT2D eigenvalue weighted by Crippen LogP contribution is 2.43. The van der Waals surface area contributed by atoms with Crippen LogP contribution in [0.2, 0.25) is 0 Å². The average molecular weight is 604 g/mol. The fourth-order valence-electron chi connectivity index (χ4n) is 6.34. The second-order valence-electron chi connectivity index (χ2n) is 12.9. The number of nitrogens with zero attached hydrogens (tertiary/aromatic N) is 1. The van der Waals surface area contributed by atoms with Crippen LogP contribution in [0.5, 0.6) is 0 Å². The summed E-state index contributed by atoms with van der Waals surface area (Å²) in [7, 11) is -0.428. The van der Waals surface area contributed by atoms with Gasteiger partial charge in [0.2, 0.25) is 0 Å². The zero-order chi connectivity index (χ0) is 30.8. The van der Waals surface area contributed by atoms with Crippen LogP contribution in [0.1, 0.15) is 27.7 Å². The highest BCUT2D eigenvalue weighted by Gasteiger charge is 2.52. The molecule has 3 nitrogen and oxygen atoms in total. The zero-order valence-electron chi connectivity index (χ0n) is 26.0. The topological polar surface area (TPSA) is 21.7 Å². The van der Waals surface area contributed by atoms with E-state index in [0.717, 1.165) is 22.5 Å². The second-order valence-corrected chi connectivity index (χ2v) is 14.0.